The molecule has 1 heterocycles. The van der Waals surface area contributed by atoms with E-state index in [4.69, 9.17) is 4.74 Å². The number of carbonyl (C=O) groups is 2. The van der Waals surface area contributed by atoms with Gasteiger partial charge in [0.25, 0.3) is 0 Å². The molecule has 0 saturated carbocycles. The minimum atomic E-state index is -0.403. The van der Waals surface area contributed by atoms with E-state index in [0.29, 0.717) is 18.0 Å². The van der Waals surface area contributed by atoms with Crippen LogP contribution in [0, 0.1) is 12.8 Å². The normalized spacial score (nSPS) is 15.5. The number of nitrogens with one attached hydrogen (secondary N) is 1. The number of rotatable bonds is 6. The number of hydrogen-bond acceptors (Lipinski definition) is 4. The number of amides is 2. The molecule has 0 radical (unpaired) electrons. The number of aryl methyl sites for hydroxylation is 1. The zero-order valence-corrected chi connectivity index (χ0v) is 18.5. The second-order valence-corrected chi connectivity index (χ2v) is 7.99. The first-order valence-corrected chi connectivity index (χ1v) is 10.6. The van der Waals surface area contributed by atoms with E-state index in [1.54, 1.807) is 12.0 Å². The Bertz CT molecular complexity index is 1110. The predicted molar refractivity (Wildman–Crippen MR) is 128 cm³/mol. The van der Waals surface area contributed by atoms with Crippen molar-refractivity contribution in [1.29, 1.82) is 0 Å². The van der Waals surface area contributed by atoms with Gasteiger partial charge in [0.15, 0.2) is 0 Å². The van der Waals surface area contributed by atoms with Gasteiger partial charge in [0.1, 0.15) is 5.75 Å². The van der Waals surface area contributed by atoms with Gasteiger partial charge in [0, 0.05) is 43.1 Å². The molecule has 1 atom stereocenters. The largest absolute Gasteiger partial charge is 0.497 e. The zero-order chi connectivity index (χ0) is 22.7. The second kappa shape index (κ2) is 9.14. The molecule has 0 aliphatic carbocycles. The van der Waals surface area contributed by atoms with Gasteiger partial charge in [0.05, 0.1) is 18.7 Å². The number of ether oxygens (including phenoxy) is 1. The molecule has 0 bridgehead atoms. The molecule has 1 saturated heterocycles. The molecule has 0 spiro atoms. The molecule has 6 heteroatoms. The van der Waals surface area contributed by atoms with E-state index in [1.165, 1.54) is 0 Å². The summed E-state index contributed by atoms with van der Waals surface area (Å²) in [7, 11) is 3.60. The first-order chi connectivity index (χ1) is 15.5. The van der Waals surface area contributed by atoms with Crippen LogP contribution in [0.25, 0.3) is 0 Å². The molecule has 1 N–H and O–H groups in total. The van der Waals surface area contributed by atoms with Gasteiger partial charge in [-0.1, -0.05) is 24.3 Å². The summed E-state index contributed by atoms with van der Waals surface area (Å²) in [6.07, 6.45) is 0.192. The molecule has 32 heavy (non-hydrogen) atoms. The molecule has 3 aromatic carbocycles. The van der Waals surface area contributed by atoms with Gasteiger partial charge in [0.2, 0.25) is 11.8 Å². The molecule has 1 unspecified atom stereocenters. The SMILES string of the molecule is COc1ccc(C)c(N2CC(C(=O)Nc3ccc(N(C)c4ccccc4)cc3)CC2=O)c1. The van der Waals surface area contributed by atoms with Crippen molar-refractivity contribution in [2.45, 2.75) is 13.3 Å². The van der Waals surface area contributed by atoms with Crippen LogP contribution < -0.4 is 19.9 Å². The second-order valence-electron chi connectivity index (χ2n) is 7.99. The van der Waals surface area contributed by atoms with E-state index in [9.17, 15) is 9.59 Å². The Balaban J connectivity index is 1.42. The van der Waals surface area contributed by atoms with Crippen molar-refractivity contribution in [3.63, 3.8) is 0 Å². The van der Waals surface area contributed by atoms with Crippen LogP contribution in [0.1, 0.15) is 12.0 Å². The van der Waals surface area contributed by atoms with Gasteiger partial charge < -0.3 is 19.9 Å². The molecule has 2 amide bonds. The Morgan fingerprint density at radius 1 is 1.03 bits per heavy atom. The standard InChI is InChI=1S/C26H27N3O3/c1-18-9-14-23(32-3)16-24(18)29-17-19(15-25(29)30)26(31)27-20-10-12-22(13-11-20)28(2)21-7-5-4-6-8-21/h4-14,16,19H,15,17H2,1-3H3,(H,27,31). The van der Waals surface area contributed by atoms with Crippen LogP contribution in [-0.2, 0) is 9.59 Å². The van der Waals surface area contributed by atoms with Gasteiger partial charge in [-0.3, -0.25) is 9.59 Å². The van der Waals surface area contributed by atoms with E-state index in [-0.39, 0.29) is 18.2 Å². The molecule has 1 fully saturated rings. The van der Waals surface area contributed by atoms with Crippen molar-refractivity contribution in [2.75, 3.05) is 35.8 Å². The van der Waals surface area contributed by atoms with Crippen molar-refractivity contribution >= 4 is 34.6 Å². The Morgan fingerprint density at radius 3 is 2.41 bits per heavy atom. The Kier molecular flexibility index (Phi) is 6.12. The van der Waals surface area contributed by atoms with Crippen LogP contribution in [0.15, 0.2) is 72.8 Å². The average molecular weight is 430 g/mol. The molecule has 1 aliphatic rings. The predicted octanol–water partition coefficient (Wildman–Crippen LogP) is 4.76. The summed E-state index contributed by atoms with van der Waals surface area (Å²) >= 11 is 0. The van der Waals surface area contributed by atoms with Gasteiger partial charge in [-0.15, -0.1) is 0 Å². The molecule has 3 aromatic rings. The van der Waals surface area contributed by atoms with Gasteiger partial charge in [-0.2, -0.15) is 0 Å². The fourth-order valence-electron chi connectivity index (χ4n) is 3.94. The summed E-state index contributed by atoms with van der Waals surface area (Å²) < 4.78 is 5.29. The first-order valence-electron chi connectivity index (χ1n) is 10.6. The summed E-state index contributed by atoms with van der Waals surface area (Å²) in [6.45, 7) is 2.30. The minimum Gasteiger partial charge on any atom is -0.497 e. The molecule has 6 nitrogen and oxygen atoms in total. The molecule has 1 aliphatic heterocycles. The third-order valence-corrected chi connectivity index (χ3v) is 5.87. The average Bonchev–Trinajstić information content (AvgIpc) is 3.21. The topological polar surface area (TPSA) is 61.9 Å². The van der Waals surface area contributed by atoms with Gasteiger partial charge in [-0.25, -0.2) is 0 Å². The lowest BCUT2D eigenvalue weighted by molar-refractivity contribution is -0.122. The fraction of sp³-hybridized carbons (Fsp3) is 0.231. The minimum absolute atomic E-state index is 0.0543. The lowest BCUT2D eigenvalue weighted by atomic mass is 10.1. The highest BCUT2D eigenvalue weighted by Crippen LogP contribution is 2.32. The maximum absolute atomic E-state index is 12.9. The maximum atomic E-state index is 12.9. The quantitative estimate of drug-likeness (QED) is 0.614. The van der Waals surface area contributed by atoms with Crippen molar-refractivity contribution in [3.8, 4) is 5.75 Å². The van der Waals surface area contributed by atoms with E-state index in [1.807, 2.05) is 86.8 Å². The highest BCUT2D eigenvalue weighted by atomic mass is 16.5. The van der Waals surface area contributed by atoms with Gasteiger partial charge in [-0.05, 0) is 55.0 Å². The first kappa shape index (κ1) is 21.4. The number of nitrogens with zero attached hydrogens (tertiary/aromatic N) is 2. The summed E-state index contributed by atoms with van der Waals surface area (Å²) in [5.74, 6) is 0.0820. The van der Waals surface area contributed by atoms with E-state index in [2.05, 4.69) is 10.2 Å². The van der Waals surface area contributed by atoms with Crippen LogP contribution in [0.4, 0.5) is 22.7 Å². The van der Waals surface area contributed by atoms with Crippen LogP contribution in [0.3, 0.4) is 0 Å². The number of methoxy groups -OCH3 is 1. The number of para-hydroxylation sites is 1. The molecular formula is C26H27N3O3. The van der Waals surface area contributed by atoms with E-state index < -0.39 is 5.92 Å². The lowest BCUT2D eigenvalue weighted by Gasteiger charge is -2.20. The summed E-state index contributed by atoms with van der Waals surface area (Å²) in [4.78, 5) is 29.3. The van der Waals surface area contributed by atoms with Crippen molar-refractivity contribution in [2.24, 2.45) is 5.92 Å². The Morgan fingerprint density at radius 2 is 1.72 bits per heavy atom. The smallest absolute Gasteiger partial charge is 0.229 e. The molecule has 164 valence electrons. The number of carbonyl (C=O) groups excluding carboxylic acids is 2. The number of anilines is 4. The Hall–Kier alpha value is -3.80. The van der Waals surface area contributed by atoms with Crippen LogP contribution in [0.5, 0.6) is 5.75 Å². The lowest BCUT2D eigenvalue weighted by Crippen LogP contribution is -2.28. The van der Waals surface area contributed by atoms with Crippen LogP contribution in [0.2, 0.25) is 0 Å². The Labute approximate surface area is 188 Å². The van der Waals surface area contributed by atoms with Crippen molar-refractivity contribution in [1.82, 2.24) is 0 Å². The molecule has 4 rings (SSSR count). The van der Waals surface area contributed by atoms with Crippen LogP contribution in [-0.4, -0.2) is 32.5 Å². The monoisotopic (exact) mass is 429 g/mol. The van der Waals surface area contributed by atoms with Crippen LogP contribution >= 0.6 is 0 Å². The summed E-state index contributed by atoms with van der Waals surface area (Å²) in [6, 6.07) is 23.4. The van der Waals surface area contributed by atoms with E-state index >= 15 is 0 Å². The van der Waals surface area contributed by atoms with Crippen molar-refractivity contribution in [3.05, 3.63) is 78.4 Å². The zero-order valence-electron chi connectivity index (χ0n) is 18.5. The highest BCUT2D eigenvalue weighted by Gasteiger charge is 2.35. The summed E-state index contributed by atoms with van der Waals surface area (Å²) in [5, 5.41) is 2.96. The molecular weight excluding hydrogens is 402 g/mol. The summed E-state index contributed by atoms with van der Waals surface area (Å²) in [5.41, 5.74) is 4.58. The third kappa shape index (κ3) is 4.44. The molecule has 0 aromatic heterocycles. The fourth-order valence-corrected chi connectivity index (χ4v) is 3.94. The maximum Gasteiger partial charge on any atom is 0.229 e. The van der Waals surface area contributed by atoms with Crippen molar-refractivity contribution < 1.29 is 14.3 Å². The highest BCUT2D eigenvalue weighted by molar-refractivity contribution is 6.04. The third-order valence-electron chi connectivity index (χ3n) is 5.87. The van der Waals surface area contributed by atoms with Gasteiger partial charge >= 0.3 is 0 Å². The van der Waals surface area contributed by atoms with E-state index in [0.717, 1.165) is 22.6 Å². The number of hydrogen-bond donors (Lipinski definition) is 1. The number of benzene rings is 3.